The van der Waals surface area contributed by atoms with E-state index >= 15 is 0 Å². The summed E-state index contributed by atoms with van der Waals surface area (Å²) in [5.74, 6) is 0.212. The van der Waals surface area contributed by atoms with Crippen LogP contribution in [-0.4, -0.2) is 89.0 Å². The smallest absolute Gasteiger partial charge is 0.249 e. The Bertz CT molecular complexity index is 740. The lowest BCUT2D eigenvalue weighted by Crippen LogP contribution is -2.60. The second kappa shape index (κ2) is 8.44. The summed E-state index contributed by atoms with van der Waals surface area (Å²) in [6, 6.07) is 0.482. The van der Waals surface area contributed by atoms with Gasteiger partial charge in [-0.2, -0.15) is 0 Å². The molecule has 0 radical (unpaired) electrons. The highest BCUT2D eigenvalue weighted by atomic mass is 16.5. The van der Waals surface area contributed by atoms with Crippen molar-refractivity contribution in [3.05, 3.63) is 17.7 Å². The minimum Gasteiger partial charge on any atom is -0.375 e. The van der Waals surface area contributed by atoms with E-state index in [-0.39, 0.29) is 18.4 Å². The van der Waals surface area contributed by atoms with Crippen LogP contribution in [0, 0.1) is 0 Å². The summed E-state index contributed by atoms with van der Waals surface area (Å²) in [6.45, 7) is 5.80. The van der Waals surface area contributed by atoms with E-state index in [1.807, 2.05) is 9.80 Å². The van der Waals surface area contributed by atoms with E-state index in [2.05, 4.69) is 21.8 Å². The Balaban J connectivity index is 1.47. The number of aromatic amines is 1. The number of hydrogen-bond acceptors (Lipinski definition) is 5. The molecular formula is C21H33N5O3. The van der Waals surface area contributed by atoms with Crippen molar-refractivity contribution in [3.63, 3.8) is 0 Å². The topological polar surface area (TPSA) is 81.8 Å². The number of aromatic nitrogens is 2. The van der Waals surface area contributed by atoms with Crippen molar-refractivity contribution in [2.75, 3.05) is 46.4 Å². The summed E-state index contributed by atoms with van der Waals surface area (Å²) >= 11 is 0. The number of H-pyrrole nitrogens is 1. The Morgan fingerprint density at radius 1 is 1.21 bits per heavy atom. The van der Waals surface area contributed by atoms with Crippen molar-refractivity contribution < 1.29 is 14.3 Å². The maximum absolute atomic E-state index is 13.0. The number of ether oxygens (including phenoxy) is 1. The molecule has 8 nitrogen and oxygen atoms in total. The molecule has 3 aliphatic rings. The predicted molar refractivity (Wildman–Crippen MR) is 108 cm³/mol. The Labute approximate surface area is 172 Å². The van der Waals surface area contributed by atoms with Crippen LogP contribution >= 0.6 is 0 Å². The number of hydrogen-bond donors (Lipinski definition) is 1. The van der Waals surface area contributed by atoms with Gasteiger partial charge in [0.15, 0.2) is 0 Å². The number of carbonyl (C=O) groups excluding carboxylic acids is 2. The first kappa shape index (κ1) is 20.3. The Hall–Kier alpha value is -1.93. The number of amides is 2. The minimum atomic E-state index is -0.432. The number of imidazole rings is 1. The molecule has 1 N–H and O–H groups in total. The molecule has 3 aliphatic heterocycles. The molecule has 1 atom stereocenters. The molecule has 0 unspecified atom stereocenters. The molecule has 1 spiro atoms. The number of nitrogens with zero attached hydrogens (tertiary/aromatic N) is 4. The van der Waals surface area contributed by atoms with Crippen LogP contribution < -0.4 is 0 Å². The largest absolute Gasteiger partial charge is 0.375 e. The van der Waals surface area contributed by atoms with Crippen molar-refractivity contribution in [1.82, 2.24) is 24.7 Å². The van der Waals surface area contributed by atoms with Crippen molar-refractivity contribution >= 4 is 11.8 Å². The number of rotatable bonds is 4. The summed E-state index contributed by atoms with van der Waals surface area (Å²) in [4.78, 5) is 39.8. The summed E-state index contributed by atoms with van der Waals surface area (Å²) in [7, 11) is 1.55. The molecular weight excluding hydrogens is 370 g/mol. The van der Waals surface area contributed by atoms with E-state index in [0.717, 1.165) is 37.2 Å². The Morgan fingerprint density at radius 2 is 2.00 bits per heavy atom. The molecule has 4 rings (SSSR count). The van der Waals surface area contributed by atoms with Gasteiger partial charge in [0.2, 0.25) is 11.8 Å². The molecule has 1 aromatic rings. The standard InChI is InChI=1S/C21H33N5O3/c1-16-5-3-4-9-25(16)13-18(27)24-11-7-21(8-12-24)20-17(22-15-23-20)6-10-26(21)19(28)14-29-2/h15-16H,3-14H2,1-2H3,(H,22,23)/t16-/m0/s1. The molecule has 0 aromatic carbocycles. The van der Waals surface area contributed by atoms with Gasteiger partial charge in [0.1, 0.15) is 6.61 Å². The number of methoxy groups -OCH3 is 1. The molecule has 160 valence electrons. The van der Waals surface area contributed by atoms with Crippen molar-refractivity contribution in [1.29, 1.82) is 0 Å². The lowest BCUT2D eigenvalue weighted by atomic mass is 9.78. The zero-order valence-corrected chi connectivity index (χ0v) is 17.7. The van der Waals surface area contributed by atoms with E-state index in [1.165, 1.54) is 19.3 Å². The van der Waals surface area contributed by atoms with Gasteiger partial charge in [0.25, 0.3) is 0 Å². The number of fused-ring (bicyclic) bond motifs is 2. The van der Waals surface area contributed by atoms with Crippen LogP contribution in [-0.2, 0) is 26.3 Å². The van der Waals surface area contributed by atoms with Gasteiger partial charge < -0.3 is 19.5 Å². The summed E-state index contributed by atoms with van der Waals surface area (Å²) in [5, 5.41) is 0. The summed E-state index contributed by atoms with van der Waals surface area (Å²) in [5.41, 5.74) is 1.66. The van der Waals surface area contributed by atoms with Crippen LogP contribution in [0.5, 0.6) is 0 Å². The average Bonchev–Trinajstić information content (AvgIpc) is 3.21. The number of piperidine rings is 2. The molecule has 0 bridgehead atoms. The monoisotopic (exact) mass is 403 g/mol. The Morgan fingerprint density at radius 3 is 2.72 bits per heavy atom. The molecule has 2 fully saturated rings. The fraction of sp³-hybridized carbons (Fsp3) is 0.762. The van der Waals surface area contributed by atoms with Crippen LogP contribution in [0.3, 0.4) is 0 Å². The normalized spacial score (nSPS) is 24.6. The molecule has 1 aromatic heterocycles. The summed E-state index contributed by atoms with van der Waals surface area (Å²) in [6.07, 6.45) is 7.57. The second-order valence-corrected chi connectivity index (χ2v) is 8.69. The first-order valence-corrected chi connectivity index (χ1v) is 10.9. The first-order chi connectivity index (χ1) is 14.0. The van der Waals surface area contributed by atoms with E-state index in [1.54, 1.807) is 13.4 Å². The van der Waals surface area contributed by atoms with Crippen LogP contribution in [0.15, 0.2) is 6.33 Å². The first-order valence-electron chi connectivity index (χ1n) is 10.9. The van der Waals surface area contributed by atoms with Crippen LogP contribution in [0.25, 0.3) is 0 Å². The Kier molecular flexibility index (Phi) is 5.92. The molecule has 2 amide bonds. The van der Waals surface area contributed by atoms with Crippen LogP contribution in [0.1, 0.15) is 50.4 Å². The van der Waals surface area contributed by atoms with Gasteiger partial charge in [-0.05, 0) is 39.2 Å². The van der Waals surface area contributed by atoms with E-state index in [4.69, 9.17) is 4.74 Å². The van der Waals surface area contributed by atoms with Crippen LogP contribution in [0.2, 0.25) is 0 Å². The SMILES string of the molecule is COCC(=O)N1CCc2[nH]cnc2C12CCN(C(=O)CN1CCCC[C@@H]1C)CC2. The van der Waals surface area contributed by atoms with Crippen molar-refractivity contribution in [3.8, 4) is 0 Å². The number of carbonyl (C=O) groups is 2. The third-order valence-electron chi connectivity index (χ3n) is 7.05. The van der Waals surface area contributed by atoms with Gasteiger partial charge in [-0.1, -0.05) is 6.42 Å². The van der Waals surface area contributed by atoms with Gasteiger partial charge in [0, 0.05) is 44.9 Å². The maximum atomic E-state index is 13.0. The van der Waals surface area contributed by atoms with E-state index < -0.39 is 5.54 Å². The van der Waals surface area contributed by atoms with E-state index in [9.17, 15) is 9.59 Å². The second-order valence-electron chi connectivity index (χ2n) is 8.69. The highest BCUT2D eigenvalue weighted by Gasteiger charge is 2.49. The molecule has 2 saturated heterocycles. The molecule has 0 aliphatic carbocycles. The van der Waals surface area contributed by atoms with Crippen LogP contribution in [0.4, 0.5) is 0 Å². The molecule has 29 heavy (non-hydrogen) atoms. The summed E-state index contributed by atoms with van der Waals surface area (Å²) < 4.78 is 5.12. The van der Waals surface area contributed by atoms with E-state index in [0.29, 0.717) is 32.2 Å². The zero-order chi connectivity index (χ0) is 20.4. The quantitative estimate of drug-likeness (QED) is 0.815. The van der Waals surface area contributed by atoms with Gasteiger partial charge in [0.05, 0.1) is 24.1 Å². The predicted octanol–water partition coefficient (Wildman–Crippen LogP) is 1.13. The minimum absolute atomic E-state index is 0.00284. The van der Waals surface area contributed by atoms with Crippen molar-refractivity contribution in [2.24, 2.45) is 0 Å². The lowest BCUT2D eigenvalue weighted by Gasteiger charge is -2.50. The third kappa shape index (κ3) is 3.80. The average molecular weight is 404 g/mol. The highest BCUT2D eigenvalue weighted by Crippen LogP contribution is 2.42. The highest BCUT2D eigenvalue weighted by molar-refractivity contribution is 5.80. The van der Waals surface area contributed by atoms with Gasteiger partial charge in [-0.3, -0.25) is 14.5 Å². The fourth-order valence-electron chi connectivity index (χ4n) is 5.34. The van der Waals surface area contributed by atoms with Gasteiger partial charge >= 0.3 is 0 Å². The van der Waals surface area contributed by atoms with Crippen molar-refractivity contribution in [2.45, 2.75) is 57.0 Å². The number of nitrogens with one attached hydrogen (secondary N) is 1. The molecule has 0 saturated carbocycles. The molecule has 8 heteroatoms. The third-order valence-corrected chi connectivity index (χ3v) is 7.05. The number of likely N-dealkylation sites (tertiary alicyclic amines) is 2. The van der Waals surface area contributed by atoms with Gasteiger partial charge in [-0.25, -0.2) is 4.98 Å². The zero-order valence-electron chi connectivity index (χ0n) is 17.7. The maximum Gasteiger partial charge on any atom is 0.249 e. The van der Waals surface area contributed by atoms with Gasteiger partial charge in [-0.15, -0.1) is 0 Å². The lowest BCUT2D eigenvalue weighted by molar-refractivity contribution is -0.148. The fourth-order valence-corrected chi connectivity index (χ4v) is 5.34. The molecule has 4 heterocycles.